The highest BCUT2D eigenvalue weighted by atomic mass is 32.2. The van der Waals surface area contributed by atoms with Gasteiger partial charge in [0.05, 0.1) is 12.0 Å². The molecule has 0 bridgehead atoms. The van der Waals surface area contributed by atoms with Crippen LogP contribution in [0.15, 0.2) is 72.4 Å². The normalized spacial score (nSPS) is 11.6. The molecule has 0 amide bonds. The van der Waals surface area contributed by atoms with Crippen LogP contribution in [0, 0.1) is 0 Å². The second kappa shape index (κ2) is 8.50. The molecule has 164 valence electrons. The fourth-order valence-electron chi connectivity index (χ4n) is 2.81. The Bertz CT molecular complexity index is 1310. The fraction of sp³-hybridized carbons (Fsp3) is 0.143. The first kappa shape index (κ1) is 21.6. The largest absolute Gasteiger partial charge is 0.497 e. The Morgan fingerprint density at radius 1 is 1.03 bits per heavy atom. The molecule has 0 aliphatic carbocycles. The van der Waals surface area contributed by atoms with Gasteiger partial charge >= 0.3 is 12.1 Å². The lowest BCUT2D eigenvalue weighted by Crippen LogP contribution is -2.36. The van der Waals surface area contributed by atoms with E-state index in [1.165, 1.54) is 23.9 Å². The van der Waals surface area contributed by atoms with Crippen molar-refractivity contribution in [3.05, 3.63) is 80.4 Å². The first-order valence-corrected chi connectivity index (χ1v) is 9.97. The van der Waals surface area contributed by atoms with Crippen molar-refractivity contribution in [3.63, 3.8) is 0 Å². The van der Waals surface area contributed by atoms with Crippen LogP contribution in [0.25, 0.3) is 11.4 Å². The smallest absolute Gasteiger partial charge is 0.471 e. The predicted molar refractivity (Wildman–Crippen MR) is 111 cm³/mol. The molecule has 3 aromatic carbocycles. The van der Waals surface area contributed by atoms with Crippen molar-refractivity contribution in [3.8, 4) is 17.1 Å². The number of alkyl halides is 3. The van der Waals surface area contributed by atoms with Crippen LogP contribution in [0.5, 0.6) is 5.75 Å². The first-order chi connectivity index (χ1) is 15.3. The van der Waals surface area contributed by atoms with Crippen LogP contribution in [-0.2, 0) is 12.7 Å². The van der Waals surface area contributed by atoms with E-state index in [1.807, 2.05) is 0 Å². The molecule has 0 radical (unpaired) electrons. The van der Waals surface area contributed by atoms with E-state index >= 15 is 0 Å². The van der Waals surface area contributed by atoms with Crippen LogP contribution in [0.4, 0.5) is 18.9 Å². The highest BCUT2D eigenvalue weighted by molar-refractivity contribution is 7.99. The Kier molecular flexibility index (Phi) is 5.74. The van der Waals surface area contributed by atoms with Crippen molar-refractivity contribution < 1.29 is 22.4 Å². The molecule has 0 saturated carbocycles. The summed E-state index contributed by atoms with van der Waals surface area (Å²) < 4.78 is 47.1. The minimum absolute atomic E-state index is 0.183. The number of hydrogen-bond donors (Lipinski definition) is 1. The van der Waals surface area contributed by atoms with Crippen molar-refractivity contribution in [2.75, 3.05) is 12.4 Å². The summed E-state index contributed by atoms with van der Waals surface area (Å²) >= 11 is 1.18. The van der Waals surface area contributed by atoms with E-state index in [2.05, 4.69) is 20.0 Å². The van der Waals surface area contributed by atoms with Gasteiger partial charge in [-0.25, -0.2) is 0 Å². The van der Waals surface area contributed by atoms with Gasteiger partial charge in [0, 0.05) is 17.0 Å². The van der Waals surface area contributed by atoms with Gasteiger partial charge in [0.2, 0.25) is 11.3 Å². The number of methoxy groups -OCH3 is 1. The molecule has 1 aromatic heterocycles. The number of hydrogen-bond acceptors (Lipinski definition) is 8. The van der Waals surface area contributed by atoms with E-state index in [-0.39, 0.29) is 18.1 Å². The second-order valence-electron chi connectivity index (χ2n) is 6.61. The molecule has 0 aliphatic rings. The lowest BCUT2D eigenvalue weighted by molar-refractivity contribution is -0.159. The van der Waals surface area contributed by atoms with Gasteiger partial charge in [-0.2, -0.15) is 18.2 Å². The SMILES string of the molecule is COc1ccc(Sc2c(NCc3ccc(-c4noc(C(F)(F)F)n4)cc3)c(=O)c2=O)cc1. The van der Waals surface area contributed by atoms with Crippen molar-refractivity contribution >= 4 is 17.4 Å². The number of aromatic nitrogens is 2. The zero-order valence-corrected chi connectivity index (χ0v) is 17.2. The van der Waals surface area contributed by atoms with Gasteiger partial charge in [0.15, 0.2) is 0 Å². The number of anilines is 1. The van der Waals surface area contributed by atoms with Crippen LogP contribution >= 0.6 is 11.8 Å². The summed E-state index contributed by atoms with van der Waals surface area (Å²) in [4.78, 5) is 28.4. The van der Waals surface area contributed by atoms with Crippen LogP contribution in [0.2, 0.25) is 0 Å². The van der Waals surface area contributed by atoms with Crippen molar-refractivity contribution in [2.24, 2.45) is 0 Å². The number of nitrogens with one attached hydrogen (secondary N) is 1. The molecule has 0 aliphatic heterocycles. The van der Waals surface area contributed by atoms with E-state index < -0.39 is 22.9 Å². The monoisotopic (exact) mass is 461 g/mol. The van der Waals surface area contributed by atoms with Crippen LogP contribution < -0.4 is 20.9 Å². The molecule has 0 unspecified atom stereocenters. The Labute approximate surface area is 182 Å². The molecule has 0 saturated heterocycles. The number of ether oxygens (including phenoxy) is 1. The third-order valence-electron chi connectivity index (χ3n) is 4.50. The highest BCUT2D eigenvalue weighted by Crippen LogP contribution is 2.32. The Morgan fingerprint density at radius 2 is 1.72 bits per heavy atom. The molecule has 11 heteroatoms. The molecule has 0 atom stereocenters. The molecular weight excluding hydrogens is 447 g/mol. The standard InChI is InChI=1S/C21H14F3N3O4S/c1-30-13-6-8-14(9-7-13)32-18-15(16(28)17(18)29)25-10-11-2-4-12(5-3-11)19-26-20(31-27-19)21(22,23)24/h2-9,25H,10H2,1H3. The molecule has 4 aromatic rings. The summed E-state index contributed by atoms with van der Waals surface area (Å²) in [7, 11) is 1.55. The van der Waals surface area contributed by atoms with Gasteiger partial charge in [-0.1, -0.05) is 41.2 Å². The third kappa shape index (κ3) is 4.37. The quantitative estimate of drug-likeness (QED) is 0.411. The van der Waals surface area contributed by atoms with Gasteiger partial charge in [-0.15, -0.1) is 0 Å². The van der Waals surface area contributed by atoms with Crippen molar-refractivity contribution in [1.82, 2.24) is 10.1 Å². The molecular formula is C21H14F3N3O4S. The molecule has 4 rings (SSSR count). The van der Waals surface area contributed by atoms with Crippen LogP contribution in [0.1, 0.15) is 11.5 Å². The number of benzene rings is 2. The zero-order chi connectivity index (χ0) is 22.9. The molecule has 0 fully saturated rings. The maximum atomic E-state index is 12.6. The number of nitrogens with zero attached hydrogens (tertiary/aromatic N) is 2. The molecule has 7 nitrogen and oxygen atoms in total. The fourth-order valence-corrected chi connectivity index (χ4v) is 3.77. The lowest BCUT2D eigenvalue weighted by atomic mass is 10.1. The number of rotatable bonds is 7. The van der Waals surface area contributed by atoms with Gasteiger partial charge in [-0.3, -0.25) is 9.59 Å². The van der Waals surface area contributed by atoms with Crippen molar-refractivity contribution in [1.29, 1.82) is 0 Å². The van der Waals surface area contributed by atoms with Gasteiger partial charge in [-0.05, 0) is 29.8 Å². The summed E-state index contributed by atoms with van der Waals surface area (Å²) in [5.74, 6) is -0.922. The summed E-state index contributed by atoms with van der Waals surface area (Å²) in [6, 6.07) is 13.4. The maximum absolute atomic E-state index is 12.6. The lowest BCUT2D eigenvalue weighted by Gasteiger charge is -2.13. The Hall–Kier alpha value is -3.60. The summed E-state index contributed by atoms with van der Waals surface area (Å²) in [6.07, 6.45) is -4.71. The predicted octanol–water partition coefficient (Wildman–Crippen LogP) is 4.12. The molecule has 1 N–H and O–H groups in total. The summed E-state index contributed by atoms with van der Waals surface area (Å²) in [5.41, 5.74) is 0.165. The van der Waals surface area contributed by atoms with E-state index in [0.717, 1.165) is 10.5 Å². The van der Waals surface area contributed by atoms with Gasteiger partial charge < -0.3 is 14.6 Å². The van der Waals surface area contributed by atoms with E-state index in [4.69, 9.17) is 4.74 Å². The minimum atomic E-state index is -4.71. The van der Waals surface area contributed by atoms with E-state index in [0.29, 0.717) is 16.2 Å². The Morgan fingerprint density at radius 3 is 2.31 bits per heavy atom. The van der Waals surface area contributed by atoms with Crippen LogP contribution in [0.3, 0.4) is 0 Å². The topological polar surface area (TPSA) is 94.3 Å². The average molecular weight is 461 g/mol. The zero-order valence-electron chi connectivity index (χ0n) is 16.4. The maximum Gasteiger partial charge on any atom is 0.471 e. The molecule has 32 heavy (non-hydrogen) atoms. The average Bonchev–Trinajstić information content (AvgIpc) is 3.30. The van der Waals surface area contributed by atoms with Crippen molar-refractivity contribution in [2.45, 2.75) is 22.5 Å². The third-order valence-corrected chi connectivity index (χ3v) is 5.60. The first-order valence-electron chi connectivity index (χ1n) is 9.15. The molecule has 1 heterocycles. The van der Waals surface area contributed by atoms with Gasteiger partial charge in [0.25, 0.3) is 5.43 Å². The summed E-state index contributed by atoms with van der Waals surface area (Å²) in [5, 5.41) is 6.29. The highest BCUT2D eigenvalue weighted by Gasteiger charge is 2.38. The van der Waals surface area contributed by atoms with Crippen LogP contribution in [-0.4, -0.2) is 17.3 Å². The Balaban J connectivity index is 1.43. The van der Waals surface area contributed by atoms with Gasteiger partial charge in [0.1, 0.15) is 11.4 Å². The van der Waals surface area contributed by atoms with E-state index in [9.17, 15) is 22.8 Å². The number of halogens is 3. The summed E-state index contributed by atoms with van der Waals surface area (Å²) in [6.45, 7) is 0.237. The second-order valence-corrected chi connectivity index (χ2v) is 7.70. The van der Waals surface area contributed by atoms with E-state index in [1.54, 1.807) is 43.5 Å². The minimum Gasteiger partial charge on any atom is -0.497 e. The molecule has 0 spiro atoms.